The first-order valence-electron chi connectivity index (χ1n) is 7.90. The Morgan fingerprint density at radius 2 is 2.10 bits per heavy atom. The minimum absolute atomic E-state index is 0.608. The number of hydrogen-bond donors (Lipinski definition) is 1. The maximum Gasteiger partial charge on any atom is 0.194 e. The molecule has 0 bridgehead atoms. The van der Waals surface area contributed by atoms with Gasteiger partial charge in [0.05, 0.1) is 11.4 Å². The number of imidazole rings is 1. The number of nitrogens with zero attached hydrogens (tertiary/aromatic N) is 2. The van der Waals surface area contributed by atoms with Crippen LogP contribution in [-0.4, -0.2) is 15.4 Å². The second-order valence-corrected chi connectivity index (χ2v) is 6.99. The summed E-state index contributed by atoms with van der Waals surface area (Å²) in [7, 11) is 0. The normalized spacial score (nSPS) is 19.3. The lowest BCUT2D eigenvalue weighted by Crippen LogP contribution is -2.33. The Bertz CT molecular complexity index is 549. The average molecular weight is 291 g/mol. The topological polar surface area (TPSA) is 29.3 Å². The molecule has 1 N–H and O–H groups in total. The molecule has 3 rings (SSSR count). The van der Waals surface area contributed by atoms with Gasteiger partial charge in [0.1, 0.15) is 0 Å². The summed E-state index contributed by atoms with van der Waals surface area (Å²) in [6, 6.07) is 0.608. The number of aromatic nitrogens is 2. The largest absolute Gasteiger partial charge is 0.308 e. The monoisotopic (exact) mass is 291 g/mol. The first kappa shape index (κ1) is 14.1. The molecule has 20 heavy (non-hydrogen) atoms. The highest BCUT2D eigenvalue weighted by Gasteiger charge is 2.19. The predicted molar refractivity (Wildman–Crippen MR) is 85.3 cm³/mol. The van der Waals surface area contributed by atoms with Gasteiger partial charge in [0.15, 0.2) is 4.96 Å². The summed E-state index contributed by atoms with van der Waals surface area (Å²) in [6.07, 6.45) is 10.6. The average Bonchev–Trinajstić information content (AvgIpc) is 2.86. The van der Waals surface area contributed by atoms with E-state index in [1.165, 1.54) is 44.2 Å². The third-order valence-electron chi connectivity index (χ3n) is 4.76. The van der Waals surface area contributed by atoms with Gasteiger partial charge in [-0.1, -0.05) is 25.7 Å². The number of hydrogen-bond acceptors (Lipinski definition) is 3. The van der Waals surface area contributed by atoms with E-state index in [0.29, 0.717) is 6.04 Å². The molecule has 110 valence electrons. The van der Waals surface area contributed by atoms with Crippen LogP contribution in [0.15, 0.2) is 11.6 Å². The van der Waals surface area contributed by atoms with Crippen LogP contribution in [0, 0.1) is 12.8 Å². The van der Waals surface area contributed by atoms with Crippen LogP contribution in [0.4, 0.5) is 0 Å². The number of aryl methyl sites for hydroxylation is 1. The van der Waals surface area contributed by atoms with E-state index >= 15 is 0 Å². The van der Waals surface area contributed by atoms with Crippen LogP contribution < -0.4 is 5.32 Å². The lowest BCUT2D eigenvalue weighted by atomic mass is 9.93. The van der Waals surface area contributed by atoms with E-state index in [-0.39, 0.29) is 0 Å². The summed E-state index contributed by atoms with van der Waals surface area (Å²) in [6.45, 7) is 5.41. The fourth-order valence-electron chi connectivity index (χ4n) is 3.39. The quantitative estimate of drug-likeness (QED) is 0.857. The number of fused-ring (bicyclic) bond motifs is 1. The maximum atomic E-state index is 4.62. The molecule has 0 spiro atoms. The molecule has 2 aromatic rings. The molecule has 0 amide bonds. The molecule has 2 heterocycles. The second-order valence-electron chi connectivity index (χ2n) is 6.12. The standard InChI is InChI=1S/C16H25N3S/c1-12(14-7-5-3-4-6-8-14)17-11-15-13(2)18-16-19(15)9-10-20-16/h9-10,12,14,17H,3-8,11H2,1-2H3/t12-/m1/s1. The molecular formula is C16H25N3S. The molecule has 4 heteroatoms. The van der Waals surface area contributed by atoms with Crippen molar-refractivity contribution in [3.8, 4) is 0 Å². The van der Waals surface area contributed by atoms with Crippen molar-refractivity contribution in [1.29, 1.82) is 0 Å². The van der Waals surface area contributed by atoms with Gasteiger partial charge >= 0.3 is 0 Å². The SMILES string of the molecule is Cc1nc2sccn2c1CN[C@H](C)C1CCCCCC1. The van der Waals surface area contributed by atoms with Gasteiger partial charge in [-0.2, -0.15) is 0 Å². The van der Waals surface area contributed by atoms with Gasteiger partial charge in [-0.15, -0.1) is 11.3 Å². The van der Waals surface area contributed by atoms with Gasteiger partial charge in [0.2, 0.25) is 0 Å². The van der Waals surface area contributed by atoms with E-state index in [2.05, 4.69) is 40.1 Å². The van der Waals surface area contributed by atoms with Gasteiger partial charge in [0, 0.05) is 24.2 Å². The molecule has 1 aliphatic carbocycles. The van der Waals surface area contributed by atoms with Gasteiger partial charge in [-0.3, -0.25) is 4.40 Å². The van der Waals surface area contributed by atoms with Crippen molar-refractivity contribution >= 4 is 16.3 Å². The Labute approximate surface area is 125 Å². The fourth-order valence-corrected chi connectivity index (χ4v) is 4.17. The lowest BCUT2D eigenvalue weighted by molar-refractivity contribution is 0.335. The van der Waals surface area contributed by atoms with E-state index in [9.17, 15) is 0 Å². The van der Waals surface area contributed by atoms with Crippen molar-refractivity contribution in [3.63, 3.8) is 0 Å². The van der Waals surface area contributed by atoms with Gasteiger partial charge in [0.25, 0.3) is 0 Å². The number of thiazole rings is 1. The van der Waals surface area contributed by atoms with Gasteiger partial charge < -0.3 is 5.32 Å². The highest BCUT2D eigenvalue weighted by atomic mass is 32.1. The molecule has 0 saturated heterocycles. The van der Waals surface area contributed by atoms with Crippen LogP contribution in [0.2, 0.25) is 0 Å². The second kappa shape index (κ2) is 6.27. The molecule has 0 unspecified atom stereocenters. The summed E-state index contributed by atoms with van der Waals surface area (Å²) >= 11 is 1.71. The fraction of sp³-hybridized carbons (Fsp3) is 0.688. The number of nitrogens with one attached hydrogen (secondary N) is 1. The van der Waals surface area contributed by atoms with Crippen molar-refractivity contribution in [2.24, 2.45) is 5.92 Å². The van der Waals surface area contributed by atoms with Crippen molar-refractivity contribution < 1.29 is 0 Å². The van der Waals surface area contributed by atoms with Crippen molar-refractivity contribution in [3.05, 3.63) is 23.0 Å². The first-order valence-corrected chi connectivity index (χ1v) is 8.78. The van der Waals surface area contributed by atoms with E-state index in [0.717, 1.165) is 23.1 Å². The molecule has 1 fully saturated rings. The van der Waals surface area contributed by atoms with Crippen LogP contribution in [0.5, 0.6) is 0 Å². The summed E-state index contributed by atoms with van der Waals surface area (Å²) in [5.74, 6) is 0.851. The molecule has 2 aromatic heterocycles. The van der Waals surface area contributed by atoms with E-state index in [1.807, 2.05) is 0 Å². The molecule has 0 aliphatic heterocycles. The smallest absolute Gasteiger partial charge is 0.194 e. The zero-order chi connectivity index (χ0) is 13.9. The summed E-state index contributed by atoms with van der Waals surface area (Å²) in [5, 5.41) is 5.86. The minimum Gasteiger partial charge on any atom is -0.308 e. The van der Waals surface area contributed by atoms with Gasteiger partial charge in [-0.25, -0.2) is 4.98 Å². The Morgan fingerprint density at radius 1 is 1.35 bits per heavy atom. The molecule has 0 aromatic carbocycles. The first-order chi connectivity index (χ1) is 9.75. The highest BCUT2D eigenvalue weighted by molar-refractivity contribution is 7.15. The van der Waals surface area contributed by atoms with E-state index < -0.39 is 0 Å². The van der Waals surface area contributed by atoms with Crippen LogP contribution in [0.1, 0.15) is 56.8 Å². The molecular weight excluding hydrogens is 266 g/mol. The summed E-state index contributed by atoms with van der Waals surface area (Å²) in [4.78, 5) is 5.73. The lowest BCUT2D eigenvalue weighted by Gasteiger charge is -2.23. The Balaban J connectivity index is 1.63. The van der Waals surface area contributed by atoms with Crippen molar-refractivity contribution in [2.75, 3.05) is 0 Å². The molecule has 3 nitrogen and oxygen atoms in total. The third-order valence-corrected chi connectivity index (χ3v) is 5.52. The Morgan fingerprint density at radius 3 is 2.85 bits per heavy atom. The molecule has 0 radical (unpaired) electrons. The predicted octanol–water partition coefficient (Wildman–Crippen LogP) is 4.15. The molecule has 1 aliphatic rings. The van der Waals surface area contributed by atoms with Crippen molar-refractivity contribution in [1.82, 2.24) is 14.7 Å². The minimum atomic E-state index is 0.608. The van der Waals surface area contributed by atoms with Crippen LogP contribution in [0.3, 0.4) is 0 Å². The van der Waals surface area contributed by atoms with Crippen molar-refractivity contribution in [2.45, 2.75) is 65.0 Å². The molecule has 1 atom stereocenters. The van der Waals surface area contributed by atoms with Crippen LogP contribution >= 0.6 is 11.3 Å². The zero-order valence-corrected chi connectivity index (χ0v) is 13.4. The highest BCUT2D eigenvalue weighted by Crippen LogP contribution is 2.26. The Kier molecular flexibility index (Phi) is 4.41. The van der Waals surface area contributed by atoms with Crippen LogP contribution in [0.25, 0.3) is 4.96 Å². The number of rotatable bonds is 4. The summed E-state index contributed by atoms with van der Waals surface area (Å²) in [5.41, 5.74) is 2.49. The van der Waals surface area contributed by atoms with E-state index in [4.69, 9.17) is 0 Å². The summed E-state index contributed by atoms with van der Waals surface area (Å²) < 4.78 is 2.23. The van der Waals surface area contributed by atoms with Crippen LogP contribution in [-0.2, 0) is 6.54 Å². The van der Waals surface area contributed by atoms with E-state index in [1.54, 1.807) is 11.3 Å². The third kappa shape index (κ3) is 2.91. The van der Waals surface area contributed by atoms with Gasteiger partial charge in [-0.05, 0) is 32.6 Å². The Hall–Kier alpha value is -0.870. The molecule has 1 saturated carbocycles. The zero-order valence-electron chi connectivity index (χ0n) is 12.6. The maximum absolute atomic E-state index is 4.62.